The smallest absolute Gasteiger partial charge is 0.0410 e. The van der Waals surface area contributed by atoms with E-state index in [1.54, 1.807) is 0 Å². The molecule has 2 nitrogen and oxygen atoms in total. The van der Waals surface area contributed by atoms with E-state index in [1.165, 1.54) is 55.0 Å². The van der Waals surface area contributed by atoms with Crippen molar-refractivity contribution in [3.8, 4) is 0 Å². The Morgan fingerprint density at radius 1 is 1.20 bits per heavy atom. The van der Waals surface area contributed by atoms with E-state index in [-0.39, 0.29) is 0 Å². The molecular weight excluding hydrogens is 288 g/mol. The Morgan fingerprint density at radius 3 is 2.95 bits per heavy atom. The van der Waals surface area contributed by atoms with Crippen LogP contribution in [0.4, 0.5) is 0 Å². The van der Waals surface area contributed by atoms with Gasteiger partial charge in [-0.2, -0.15) is 0 Å². The van der Waals surface area contributed by atoms with Crippen LogP contribution in [0.2, 0.25) is 5.02 Å². The van der Waals surface area contributed by atoms with Crippen LogP contribution in [-0.2, 0) is 0 Å². The number of fused-ring (bicyclic) bond motifs is 1. The van der Waals surface area contributed by atoms with Gasteiger partial charge in [0, 0.05) is 41.1 Å². The molecular formula is C16H21ClN2S. The normalized spacial score (nSPS) is 30.4. The van der Waals surface area contributed by atoms with Crippen molar-refractivity contribution in [2.24, 2.45) is 0 Å². The van der Waals surface area contributed by atoms with Gasteiger partial charge >= 0.3 is 0 Å². The lowest BCUT2D eigenvalue weighted by Gasteiger charge is -2.29. The number of halogens is 1. The van der Waals surface area contributed by atoms with Crippen LogP contribution in [0.15, 0.2) is 23.1 Å². The molecule has 0 aromatic heterocycles. The zero-order chi connectivity index (χ0) is 13.5. The van der Waals surface area contributed by atoms with Gasteiger partial charge in [0.2, 0.25) is 0 Å². The Hall–Kier alpha value is -0.220. The number of nitrogens with zero attached hydrogens (tertiary/aromatic N) is 1. The molecule has 1 saturated heterocycles. The van der Waals surface area contributed by atoms with Gasteiger partial charge in [0.1, 0.15) is 0 Å². The largest absolute Gasteiger partial charge is 0.306 e. The number of rotatable bonds is 3. The molecule has 4 rings (SSSR count). The molecule has 4 heteroatoms. The van der Waals surface area contributed by atoms with Gasteiger partial charge in [-0.15, -0.1) is 11.8 Å². The van der Waals surface area contributed by atoms with Crippen molar-refractivity contribution >= 4 is 23.4 Å². The summed E-state index contributed by atoms with van der Waals surface area (Å²) in [6.07, 6.45) is 5.37. The minimum atomic E-state index is 0.495. The molecule has 2 atom stereocenters. The van der Waals surface area contributed by atoms with Crippen LogP contribution in [0, 0.1) is 0 Å². The van der Waals surface area contributed by atoms with E-state index >= 15 is 0 Å². The first-order valence-corrected chi connectivity index (χ1v) is 9.08. The third-order valence-corrected chi connectivity index (χ3v) is 6.09. The molecule has 1 saturated carbocycles. The molecule has 1 N–H and O–H groups in total. The van der Waals surface area contributed by atoms with E-state index in [0.29, 0.717) is 12.1 Å². The van der Waals surface area contributed by atoms with Crippen molar-refractivity contribution in [1.29, 1.82) is 0 Å². The summed E-state index contributed by atoms with van der Waals surface area (Å²) in [6.45, 7) is 2.52. The lowest BCUT2D eigenvalue weighted by atomic mass is 10.0. The molecule has 2 unspecified atom stereocenters. The zero-order valence-corrected chi connectivity index (χ0v) is 13.2. The second-order valence-electron chi connectivity index (χ2n) is 6.25. The summed E-state index contributed by atoms with van der Waals surface area (Å²) in [4.78, 5) is 4.09. The molecule has 2 aliphatic heterocycles. The van der Waals surface area contributed by atoms with Crippen LogP contribution in [0.1, 0.15) is 37.3 Å². The Morgan fingerprint density at radius 2 is 2.10 bits per heavy atom. The minimum Gasteiger partial charge on any atom is -0.306 e. The molecule has 20 heavy (non-hydrogen) atoms. The Balaban J connectivity index is 1.46. The molecule has 108 valence electrons. The topological polar surface area (TPSA) is 15.3 Å². The highest BCUT2D eigenvalue weighted by molar-refractivity contribution is 7.99. The fourth-order valence-corrected chi connectivity index (χ4v) is 4.80. The predicted molar refractivity (Wildman–Crippen MR) is 85.7 cm³/mol. The summed E-state index contributed by atoms with van der Waals surface area (Å²) in [5.41, 5.74) is 1.42. The number of hydrogen-bond acceptors (Lipinski definition) is 3. The number of hydrogen-bond donors (Lipinski definition) is 1. The number of nitrogens with one attached hydrogen (secondary N) is 1. The zero-order valence-electron chi connectivity index (χ0n) is 11.6. The average Bonchev–Trinajstić information content (AvgIpc) is 3.20. The van der Waals surface area contributed by atoms with Crippen LogP contribution in [0.3, 0.4) is 0 Å². The molecule has 1 aromatic carbocycles. The van der Waals surface area contributed by atoms with Crippen molar-refractivity contribution in [2.45, 2.75) is 48.7 Å². The first kappa shape index (κ1) is 13.4. The summed E-state index contributed by atoms with van der Waals surface area (Å²) < 4.78 is 0. The van der Waals surface area contributed by atoms with Crippen LogP contribution in [0.5, 0.6) is 0 Å². The Bertz CT molecular complexity index is 503. The van der Waals surface area contributed by atoms with Crippen molar-refractivity contribution in [3.05, 3.63) is 28.8 Å². The van der Waals surface area contributed by atoms with E-state index in [2.05, 4.69) is 22.3 Å². The minimum absolute atomic E-state index is 0.495. The molecule has 0 bridgehead atoms. The SMILES string of the molecule is Clc1ccc2c(c1)C(NC1CCN(C3CC3)C1)CCS2. The summed E-state index contributed by atoms with van der Waals surface area (Å²) in [7, 11) is 0. The molecule has 0 spiro atoms. The van der Waals surface area contributed by atoms with Gasteiger partial charge in [-0.05, 0) is 55.2 Å². The lowest BCUT2D eigenvalue weighted by molar-refractivity contribution is 0.311. The molecule has 0 radical (unpaired) electrons. The van der Waals surface area contributed by atoms with Gasteiger partial charge in [0.25, 0.3) is 0 Å². The van der Waals surface area contributed by atoms with Crippen molar-refractivity contribution in [3.63, 3.8) is 0 Å². The maximum Gasteiger partial charge on any atom is 0.0410 e. The quantitative estimate of drug-likeness (QED) is 0.916. The Kier molecular flexibility index (Phi) is 3.71. The summed E-state index contributed by atoms with van der Waals surface area (Å²) >= 11 is 8.15. The van der Waals surface area contributed by atoms with Crippen LogP contribution in [-0.4, -0.2) is 35.8 Å². The maximum absolute atomic E-state index is 6.19. The highest BCUT2D eigenvalue weighted by Crippen LogP contribution is 2.38. The monoisotopic (exact) mass is 308 g/mol. The van der Waals surface area contributed by atoms with Crippen LogP contribution in [0.25, 0.3) is 0 Å². The average molecular weight is 309 g/mol. The van der Waals surface area contributed by atoms with Gasteiger partial charge in [-0.1, -0.05) is 11.6 Å². The second-order valence-corrected chi connectivity index (χ2v) is 7.82. The fourth-order valence-electron chi connectivity index (χ4n) is 3.52. The van der Waals surface area contributed by atoms with E-state index in [9.17, 15) is 0 Å². The standard InChI is InChI=1S/C16H21ClN2S/c17-11-1-4-16-14(9-11)15(6-8-20-16)18-12-5-7-19(10-12)13-2-3-13/h1,4,9,12-13,15,18H,2-3,5-8,10H2. The van der Waals surface area contributed by atoms with E-state index in [4.69, 9.17) is 11.6 Å². The van der Waals surface area contributed by atoms with Crippen molar-refractivity contribution < 1.29 is 0 Å². The molecule has 1 aromatic rings. The van der Waals surface area contributed by atoms with Gasteiger partial charge in [0.05, 0.1) is 0 Å². The molecule has 1 aliphatic carbocycles. The van der Waals surface area contributed by atoms with Gasteiger partial charge in [-0.3, -0.25) is 4.90 Å². The maximum atomic E-state index is 6.19. The summed E-state index contributed by atoms with van der Waals surface area (Å²) in [5, 5.41) is 4.77. The second kappa shape index (κ2) is 5.53. The van der Waals surface area contributed by atoms with Crippen LogP contribution < -0.4 is 5.32 Å². The summed E-state index contributed by atoms with van der Waals surface area (Å²) in [6, 6.07) is 8.42. The van der Waals surface area contributed by atoms with Gasteiger partial charge < -0.3 is 5.32 Å². The first-order valence-electron chi connectivity index (χ1n) is 7.72. The van der Waals surface area contributed by atoms with E-state index < -0.39 is 0 Å². The van der Waals surface area contributed by atoms with E-state index in [0.717, 1.165) is 11.1 Å². The van der Waals surface area contributed by atoms with Gasteiger partial charge in [0.15, 0.2) is 0 Å². The van der Waals surface area contributed by atoms with Crippen molar-refractivity contribution in [1.82, 2.24) is 10.2 Å². The Labute approximate surface area is 130 Å². The molecule has 0 amide bonds. The van der Waals surface area contributed by atoms with Crippen LogP contribution >= 0.6 is 23.4 Å². The summed E-state index contributed by atoms with van der Waals surface area (Å²) in [5.74, 6) is 1.21. The highest BCUT2D eigenvalue weighted by Gasteiger charge is 2.35. The van der Waals surface area contributed by atoms with Crippen molar-refractivity contribution in [2.75, 3.05) is 18.8 Å². The lowest BCUT2D eigenvalue weighted by Crippen LogP contribution is -2.37. The van der Waals surface area contributed by atoms with E-state index in [1.807, 2.05) is 17.8 Å². The number of thioether (sulfide) groups is 1. The fraction of sp³-hybridized carbons (Fsp3) is 0.625. The highest BCUT2D eigenvalue weighted by atomic mass is 35.5. The number of likely N-dealkylation sites (tertiary alicyclic amines) is 1. The number of benzene rings is 1. The molecule has 2 heterocycles. The first-order chi connectivity index (χ1) is 9.79. The third-order valence-electron chi connectivity index (χ3n) is 4.73. The molecule has 2 fully saturated rings. The predicted octanol–water partition coefficient (Wildman–Crippen LogP) is 3.70. The molecule has 3 aliphatic rings. The third kappa shape index (κ3) is 2.74. The van der Waals surface area contributed by atoms with Gasteiger partial charge in [-0.25, -0.2) is 0 Å².